The van der Waals surface area contributed by atoms with Crippen LogP contribution in [0.25, 0.3) is 10.2 Å². The molecule has 2 aliphatic carbocycles. The maximum absolute atomic E-state index is 12.5. The average Bonchev–Trinajstić information content (AvgIpc) is 3.06. The molecule has 146 valence electrons. The Labute approximate surface area is 164 Å². The molecule has 1 aromatic carbocycles. The number of carbonyl (C=O) groups excluding carboxylic acids is 1. The van der Waals surface area contributed by atoms with Gasteiger partial charge in [-0.1, -0.05) is 6.07 Å². The van der Waals surface area contributed by atoms with Gasteiger partial charge in [0.05, 0.1) is 15.8 Å². The fourth-order valence-corrected chi connectivity index (χ4v) is 4.97. The molecular weight excluding hydrogens is 360 g/mol. The smallest absolute Gasteiger partial charge is 0.223 e. The van der Waals surface area contributed by atoms with Crippen LogP contribution in [0.2, 0.25) is 0 Å². The molecule has 0 spiro atoms. The van der Waals surface area contributed by atoms with Crippen molar-refractivity contribution in [2.75, 3.05) is 0 Å². The highest BCUT2D eigenvalue weighted by molar-refractivity contribution is 7.16. The number of benzene rings is 1. The van der Waals surface area contributed by atoms with Crippen molar-refractivity contribution in [2.24, 2.45) is 11.8 Å². The molecule has 6 heteroatoms. The second kappa shape index (κ2) is 7.40. The summed E-state index contributed by atoms with van der Waals surface area (Å²) < 4.78 is 7.21. The summed E-state index contributed by atoms with van der Waals surface area (Å²) in [7, 11) is 0. The summed E-state index contributed by atoms with van der Waals surface area (Å²) in [6.07, 6.45) is 5.50. The molecule has 2 aliphatic rings. The highest BCUT2D eigenvalue weighted by atomic mass is 32.1. The topological polar surface area (TPSA) is 71.5 Å². The van der Waals surface area contributed by atoms with Crippen molar-refractivity contribution in [3.05, 3.63) is 23.7 Å². The lowest BCUT2D eigenvalue weighted by Crippen LogP contribution is -2.48. The van der Waals surface area contributed by atoms with Crippen LogP contribution in [0.1, 0.15) is 52.4 Å². The third-order valence-corrected chi connectivity index (χ3v) is 6.95. The molecule has 2 aromatic rings. The van der Waals surface area contributed by atoms with E-state index in [0.29, 0.717) is 5.92 Å². The minimum Gasteiger partial charge on any atom is -0.488 e. The lowest BCUT2D eigenvalue weighted by molar-refractivity contribution is -0.131. The third kappa shape index (κ3) is 4.11. The fraction of sp³-hybridized carbons (Fsp3) is 0.619. The Balaban J connectivity index is 1.23. The number of thiazole rings is 1. The molecule has 5 nitrogen and oxygen atoms in total. The number of amides is 1. The van der Waals surface area contributed by atoms with E-state index < -0.39 is 5.60 Å². The molecule has 0 aliphatic heterocycles. The van der Waals surface area contributed by atoms with E-state index in [9.17, 15) is 9.90 Å². The van der Waals surface area contributed by atoms with Crippen LogP contribution in [0, 0.1) is 11.8 Å². The van der Waals surface area contributed by atoms with Crippen LogP contribution in [0.4, 0.5) is 0 Å². The van der Waals surface area contributed by atoms with Crippen molar-refractivity contribution in [1.29, 1.82) is 0 Å². The van der Waals surface area contributed by atoms with Gasteiger partial charge >= 0.3 is 0 Å². The van der Waals surface area contributed by atoms with Crippen LogP contribution in [0.3, 0.4) is 0 Å². The monoisotopic (exact) mass is 388 g/mol. The standard InChI is InChI=1S/C21H28N2O3S/c1-21(2,25)14-6-8-15(9-7-14)23-20(24)13-10-16(11-13)26-17-4-3-5-18-19(17)22-12-27-18/h3-5,12-16,25H,6-11H2,1-2H3,(H,23,24)/t13-,14-,15-,16-. The van der Waals surface area contributed by atoms with Crippen molar-refractivity contribution in [2.45, 2.75) is 70.1 Å². The molecule has 1 aromatic heterocycles. The van der Waals surface area contributed by atoms with Gasteiger partial charge in [0.2, 0.25) is 5.91 Å². The Bertz CT molecular complexity index is 799. The van der Waals surface area contributed by atoms with E-state index in [4.69, 9.17) is 4.74 Å². The van der Waals surface area contributed by atoms with Gasteiger partial charge in [-0.15, -0.1) is 11.3 Å². The first kappa shape index (κ1) is 18.7. The molecule has 0 atom stereocenters. The number of para-hydroxylation sites is 1. The van der Waals surface area contributed by atoms with E-state index in [1.807, 2.05) is 37.6 Å². The Hall–Kier alpha value is -1.66. The first-order valence-corrected chi connectivity index (χ1v) is 10.8. The van der Waals surface area contributed by atoms with Crippen molar-refractivity contribution < 1.29 is 14.6 Å². The first-order valence-electron chi connectivity index (χ1n) is 9.92. The van der Waals surface area contributed by atoms with E-state index in [-0.39, 0.29) is 24.0 Å². The molecular formula is C21H28N2O3S. The Morgan fingerprint density at radius 1 is 1.26 bits per heavy atom. The summed E-state index contributed by atoms with van der Waals surface area (Å²) >= 11 is 1.61. The summed E-state index contributed by atoms with van der Waals surface area (Å²) in [5.74, 6) is 1.37. The van der Waals surface area contributed by atoms with Gasteiger partial charge < -0.3 is 15.2 Å². The second-order valence-electron chi connectivity index (χ2n) is 8.57. The van der Waals surface area contributed by atoms with Crippen molar-refractivity contribution >= 4 is 27.5 Å². The van der Waals surface area contributed by atoms with Crippen LogP contribution in [0.15, 0.2) is 23.7 Å². The van der Waals surface area contributed by atoms with Crippen LogP contribution < -0.4 is 10.1 Å². The number of hydrogen-bond donors (Lipinski definition) is 2. The normalized spacial score (nSPS) is 28.6. The molecule has 1 amide bonds. The predicted molar refractivity (Wildman–Crippen MR) is 107 cm³/mol. The van der Waals surface area contributed by atoms with Crippen molar-refractivity contribution in [3.8, 4) is 5.75 Å². The molecule has 2 fully saturated rings. The van der Waals surface area contributed by atoms with Crippen LogP contribution in [0.5, 0.6) is 5.75 Å². The SMILES string of the molecule is CC(C)(O)[C@H]1CC[C@H](NC(=O)[C@H]2C[C@H](Oc3cccc4scnc34)C2)CC1. The number of nitrogens with one attached hydrogen (secondary N) is 1. The number of aromatic nitrogens is 1. The van der Waals surface area contributed by atoms with Gasteiger partial charge in [0.15, 0.2) is 0 Å². The molecule has 4 rings (SSSR count). The predicted octanol–water partition coefficient (Wildman–Crippen LogP) is 3.90. The molecule has 27 heavy (non-hydrogen) atoms. The molecule has 0 saturated heterocycles. The minimum atomic E-state index is -0.617. The molecule has 2 N–H and O–H groups in total. The number of rotatable bonds is 5. The van der Waals surface area contributed by atoms with Crippen LogP contribution >= 0.6 is 11.3 Å². The van der Waals surface area contributed by atoms with Crippen LogP contribution in [-0.2, 0) is 4.79 Å². The van der Waals surface area contributed by atoms with E-state index >= 15 is 0 Å². The number of ether oxygens (including phenoxy) is 1. The highest BCUT2D eigenvalue weighted by Crippen LogP contribution is 2.36. The molecule has 0 bridgehead atoms. The van der Waals surface area contributed by atoms with Crippen LogP contribution in [-0.4, -0.2) is 33.7 Å². The fourth-order valence-electron chi connectivity index (χ4n) is 4.27. The number of fused-ring (bicyclic) bond motifs is 1. The zero-order valence-electron chi connectivity index (χ0n) is 16.0. The zero-order chi connectivity index (χ0) is 19.0. The number of carbonyl (C=O) groups is 1. The maximum Gasteiger partial charge on any atom is 0.223 e. The summed E-state index contributed by atoms with van der Waals surface area (Å²) in [6.45, 7) is 3.77. The number of aliphatic hydroxyl groups is 1. The molecule has 2 saturated carbocycles. The highest BCUT2D eigenvalue weighted by Gasteiger charge is 2.38. The second-order valence-corrected chi connectivity index (χ2v) is 9.46. The van der Waals surface area contributed by atoms with Crippen molar-refractivity contribution in [3.63, 3.8) is 0 Å². The summed E-state index contributed by atoms with van der Waals surface area (Å²) in [4.78, 5) is 16.9. The third-order valence-electron chi connectivity index (χ3n) is 6.16. The van der Waals surface area contributed by atoms with Gasteiger partial charge in [0, 0.05) is 12.0 Å². The van der Waals surface area contributed by atoms with Gasteiger partial charge in [0.1, 0.15) is 17.4 Å². The van der Waals surface area contributed by atoms with E-state index in [1.54, 1.807) is 11.3 Å². The maximum atomic E-state index is 12.5. The largest absolute Gasteiger partial charge is 0.488 e. The first-order chi connectivity index (χ1) is 12.9. The lowest BCUT2D eigenvalue weighted by atomic mass is 9.76. The average molecular weight is 389 g/mol. The quantitative estimate of drug-likeness (QED) is 0.815. The Kier molecular flexibility index (Phi) is 5.12. The number of hydrogen-bond acceptors (Lipinski definition) is 5. The molecule has 0 unspecified atom stereocenters. The molecule has 1 heterocycles. The Morgan fingerprint density at radius 2 is 2.00 bits per heavy atom. The molecule has 0 radical (unpaired) electrons. The minimum absolute atomic E-state index is 0.0524. The lowest BCUT2D eigenvalue weighted by Gasteiger charge is -2.38. The van der Waals surface area contributed by atoms with Gasteiger partial charge in [-0.2, -0.15) is 0 Å². The van der Waals surface area contributed by atoms with Gasteiger partial charge in [0.25, 0.3) is 0 Å². The van der Waals surface area contributed by atoms with E-state index in [2.05, 4.69) is 10.3 Å². The van der Waals surface area contributed by atoms with Gasteiger partial charge in [-0.25, -0.2) is 4.98 Å². The van der Waals surface area contributed by atoms with E-state index in [1.165, 1.54) is 0 Å². The van der Waals surface area contributed by atoms with Crippen molar-refractivity contribution in [1.82, 2.24) is 10.3 Å². The van der Waals surface area contributed by atoms with Gasteiger partial charge in [-0.3, -0.25) is 4.79 Å². The summed E-state index contributed by atoms with van der Waals surface area (Å²) in [5.41, 5.74) is 2.13. The number of nitrogens with zero attached hydrogens (tertiary/aromatic N) is 1. The van der Waals surface area contributed by atoms with Gasteiger partial charge in [-0.05, 0) is 70.4 Å². The summed E-state index contributed by atoms with van der Waals surface area (Å²) in [6, 6.07) is 6.24. The zero-order valence-corrected chi connectivity index (χ0v) is 16.8. The Morgan fingerprint density at radius 3 is 2.70 bits per heavy atom. The summed E-state index contributed by atoms with van der Waals surface area (Å²) in [5, 5.41) is 13.4. The van der Waals surface area contributed by atoms with E-state index in [0.717, 1.165) is 54.5 Å².